The van der Waals surface area contributed by atoms with Crippen molar-refractivity contribution in [2.45, 2.75) is 25.9 Å². The fraction of sp³-hybridized carbons (Fsp3) is 0.346. The van der Waals surface area contributed by atoms with Crippen LogP contribution in [0.3, 0.4) is 0 Å². The smallest absolute Gasteiger partial charge is 0.325 e. The van der Waals surface area contributed by atoms with Gasteiger partial charge in [0, 0.05) is 45.0 Å². The Morgan fingerprint density at radius 2 is 1.75 bits per heavy atom. The molecule has 2 aromatic heterocycles. The minimum absolute atomic E-state index is 0.129. The van der Waals surface area contributed by atoms with E-state index >= 15 is 0 Å². The van der Waals surface area contributed by atoms with Gasteiger partial charge in [-0.15, -0.1) is 0 Å². The van der Waals surface area contributed by atoms with Gasteiger partial charge in [-0.3, -0.25) is 28.6 Å². The molecule has 0 radical (unpaired) electrons. The lowest BCUT2D eigenvalue weighted by atomic mass is 9.91. The van der Waals surface area contributed by atoms with Crippen molar-refractivity contribution in [3.05, 3.63) is 81.9 Å². The molecule has 186 valence electrons. The average molecular weight is 489 g/mol. The molecular formula is C26H28N6O4. The number of aromatic nitrogens is 2. The Morgan fingerprint density at radius 3 is 2.47 bits per heavy atom. The number of pyridine rings is 1. The molecule has 36 heavy (non-hydrogen) atoms. The monoisotopic (exact) mass is 488 g/mol. The van der Waals surface area contributed by atoms with Gasteiger partial charge in [-0.2, -0.15) is 0 Å². The number of hydrogen-bond acceptors (Lipinski definition) is 6. The number of piperazine rings is 1. The lowest BCUT2D eigenvalue weighted by molar-refractivity contribution is -0.140. The molecule has 0 aliphatic carbocycles. The average Bonchev–Trinajstić information content (AvgIpc) is 3.08. The Labute approximate surface area is 208 Å². The van der Waals surface area contributed by atoms with E-state index in [1.807, 2.05) is 37.3 Å². The molecule has 3 aromatic rings. The molecule has 5 rings (SSSR count). The second-order valence-electron chi connectivity index (χ2n) is 9.48. The third-order valence-corrected chi connectivity index (χ3v) is 6.93. The molecule has 1 atom stereocenters. The zero-order valence-electron chi connectivity index (χ0n) is 20.3. The van der Waals surface area contributed by atoms with Crippen LogP contribution in [-0.2, 0) is 21.7 Å². The van der Waals surface area contributed by atoms with Gasteiger partial charge in [-0.05, 0) is 31.5 Å². The quantitative estimate of drug-likeness (QED) is 0.540. The summed E-state index contributed by atoms with van der Waals surface area (Å²) in [6, 6.07) is 13.8. The predicted molar refractivity (Wildman–Crippen MR) is 132 cm³/mol. The lowest BCUT2D eigenvalue weighted by Crippen LogP contribution is -2.51. The van der Waals surface area contributed by atoms with Crippen LogP contribution < -0.4 is 10.9 Å². The van der Waals surface area contributed by atoms with Crippen molar-refractivity contribution in [2.24, 2.45) is 0 Å². The SMILES string of the molecule is Cc1ccc(C2(C)NC(=O)N(CC(=O)N3CCN(Cc4cc(=O)n5ccccc5n4)CC3)C2=O)cc1. The lowest BCUT2D eigenvalue weighted by Gasteiger charge is -2.35. The predicted octanol–water partition coefficient (Wildman–Crippen LogP) is 1.11. The van der Waals surface area contributed by atoms with Gasteiger partial charge in [0.25, 0.3) is 11.5 Å². The van der Waals surface area contributed by atoms with E-state index < -0.39 is 17.5 Å². The van der Waals surface area contributed by atoms with Crippen LogP contribution in [0.5, 0.6) is 0 Å². The molecule has 0 bridgehead atoms. The standard InChI is InChI=1S/C26H28N6O4/c1-18-6-8-19(9-7-18)26(2)24(35)32(25(36)28-26)17-23(34)30-13-11-29(12-14-30)16-20-15-22(33)31-10-4-3-5-21(31)27-20/h3-10,15H,11-14,16-17H2,1-2H3,(H,28,36). The summed E-state index contributed by atoms with van der Waals surface area (Å²) >= 11 is 0. The van der Waals surface area contributed by atoms with Crippen LogP contribution in [0, 0.1) is 6.92 Å². The van der Waals surface area contributed by atoms with Crippen LogP contribution in [0.25, 0.3) is 5.65 Å². The Kier molecular flexibility index (Phi) is 6.05. The molecule has 2 saturated heterocycles. The fourth-order valence-electron chi connectivity index (χ4n) is 4.73. The summed E-state index contributed by atoms with van der Waals surface area (Å²) < 4.78 is 1.50. The number of urea groups is 1. The van der Waals surface area contributed by atoms with E-state index in [1.165, 1.54) is 10.5 Å². The molecule has 10 heteroatoms. The zero-order chi connectivity index (χ0) is 25.4. The minimum atomic E-state index is -1.20. The fourth-order valence-corrected chi connectivity index (χ4v) is 4.73. The van der Waals surface area contributed by atoms with Crippen LogP contribution in [0.15, 0.2) is 59.5 Å². The number of carbonyl (C=O) groups excluding carboxylic acids is 3. The van der Waals surface area contributed by atoms with E-state index in [4.69, 9.17) is 0 Å². The highest BCUT2D eigenvalue weighted by Gasteiger charge is 2.49. The molecule has 2 fully saturated rings. The van der Waals surface area contributed by atoms with E-state index in [1.54, 1.807) is 30.2 Å². The largest absolute Gasteiger partial charge is 0.339 e. The van der Waals surface area contributed by atoms with Crippen LogP contribution in [0.1, 0.15) is 23.7 Å². The van der Waals surface area contributed by atoms with Gasteiger partial charge >= 0.3 is 6.03 Å². The Bertz CT molecular complexity index is 1390. The summed E-state index contributed by atoms with van der Waals surface area (Å²) in [7, 11) is 0. The van der Waals surface area contributed by atoms with Crippen molar-refractivity contribution in [3.63, 3.8) is 0 Å². The summed E-state index contributed by atoms with van der Waals surface area (Å²) in [5.41, 5.74) is 1.68. The number of benzene rings is 1. The molecule has 0 spiro atoms. The van der Waals surface area contributed by atoms with Gasteiger partial charge in [-0.25, -0.2) is 9.78 Å². The summed E-state index contributed by atoms with van der Waals surface area (Å²) in [4.78, 5) is 60.4. The first-order chi connectivity index (χ1) is 17.2. The minimum Gasteiger partial charge on any atom is -0.339 e. The number of rotatable bonds is 5. The Morgan fingerprint density at radius 1 is 1.03 bits per heavy atom. The summed E-state index contributed by atoms with van der Waals surface area (Å²) in [6.45, 7) is 5.94. The first kappa shape index (κ1) is 23.7. The van der Waals surface area contributed by atoms with Crippen molar-refractivity contribution in [1.82, 2.24) is 29.4 Å². The zero-order valence-corrected chi connectivity index (χ0v) is 20.3. The highest BCUT2D eigenvalue weighted by Crippen LogP contribution is 2.29. The van der Waals surface area contributed by atoms with E-state index in [9.17, 15) is 19.2 Å². The van der Waals surface area contributed by atoms with Crippen LogP contribution in [0.2, 0.25) is 0 Å². The van der Waals surface area contributed by atoms with E-state index in [0.29, 0.717) is 49.6 Å². The maximum Gasteiger partial charge on any atom is 0.325 e. The topological polar surface area (TPSA) is 107 Å². The molecule has 4 heterocycles. The Balaban J connectivity index is 1.19. The van der Waals surface area contributed by atoms with E-state index in [2.05, 4.69) is 15.2 Å². The second-order valence-corrected chi connectivity index (χ2v) is 9.48. The number of nitrogens with zero attached hydrogens (tertiary/aromatic N) is 5. The van der Waals surface area contributed by atoms with E-state index in [-0.39, 0.29) is 18.0 Å². The maximum atomic E-state index is 13.1. The normalized spacial score (nSPS) is 20.7. The molecule has 1 unspecified atom stereocenters. The summed E-state index contributed by atoms with van der Waals surface area (Å²) in [5, 5.41) is 2.75. The second kappa shape index (κ2) is 9.19. The van der Waals surface area contributed by atoms with Crippen LogP contribution in [-0.4, -0.2) is 74.7 Å². The highest BCUT2D eigenvalue weighted by molar-refractivity contribution is 6.09. The van der Waals surface area contributed by atoms with Gasteiger partial charge in [0.2, 0.25) is 5.91 Å². The van der Waals surface area contributed by atoms with Gasteiger partial charge in [0.1, 0.15) is 17.7 Å². The third kappa shape index (κ3) is 4.35. The Hall–Kier alpha value is -4.05. The van der Waals surface area contributed by atoms with Gasteiger partial charge in [-0.1, -0.05) is 35.9 Å². The number of carbonyl (C=O) groups is 3. The summed E-state index contributed by atoms with van der Waals surface area (Å²) in [6.07, 6.45) is 1.69. The van der Waals surface area contributed by atoms with Crippen molar-refractivity contribution in [1.29, 1.82) is 0 Å². The van der Waals surface area contributed by atoms with Gasteiger partial charge in [0.05, 0.1) is 5.69 Å². The van der Waals surface area contributed by atoms with Crippen molar-refractivity contribution in [2.75, 3.05) is 32.7 Å². The molecule has 10 nitrogen and oxygen atoms in total. The molecule has 4 amide bonds. The number of nitrogens with one attached hydrogen (secondary N) is 1. The first-order valence-corrected chi connectivity index (χ1v) is 11.9. The van der Waals surface area contributed by atoms with Gasteiger partial charge < -0.3 is 10.2 Å². The molecule has 1 aromatic carbocycles. The number of fused-ring (bicyclic) bond motifs is 1. The molecule has 2 aliphatic heterocycles. The van der Waals surface area contributed by atoms with Gasteiger partial charge in [0.15, 0.2) is 0 Å². The third-order valence-electron chi connectivity index (χ3n) is 6.93. The number of amides is 4. The number of aryl methyl sites for hydroxylation is 1. The maximum absolute atomic E-state index is 13.1. The first-order valence-electron chi connectivity index (χ1n) is 11.9. The molecular weight excluding hydrogens is 460 g/mol. The van der Waals surface area contributed by atoms with Crippen molar-refractivity contribution >= 4 is 23.5 Å². The molecule has 2 aliphatic rings. The van der Waals surface area contributed by atoms with Crippen molar-refractivity contribution in [3.8, 4) is 0 Å². The van der Waals surface area contributed by atoms with Crippen LogP contribution in [0.4, 0.5) is 4.79 Å². The van der Waals surface area contributed by atoms with Crippen molar-refractivity contribution < 1.29 is 14.4 Å². The van der Waals surface area contributed by atoms with E-state index in [0.717, 1.165) is 10.5 Å². The summed E-state index contributed by atoms with van der Waals surface area (Å²) in [5.74, 6) is -0.703. The number of hydrogen-bond donors (Lipinski definition) is 1. The molecule has 0 saturated carbocycles. The molecule has 1 N–H and O–H groups in total. The number of imide groups is 1. The highest BCUT2D eigenvalue weighted by atomic mass is 16.2. The van der Waals surface area contributed by atoms with Crippen LogP contribution >= 0.6 is 0 Å².